The Morgan fingerprint density at radius 1 is 0.967 bits per heavy atom. The van der Waals surface area contributed by atoms with E-state index in [4.69, 9.17) is 0 Å². The number of hydrogen-bond acceptors (Lipinski definition) is 3. The fourth-order valence-corrected chi connectivity index (χ4v) is 4.99. The lowest BCUT2D eigenvalue weighted by atomic mass is 10.1. The number of anilines is 1. The van der Waals surface area contributed by atoms with E-state index in [9.17, 15) is 12.8 Å². The Morgan fingerprint density at radius 3 is 2.40 bits per heavy atom. The fraction of sp³-hybridized carbons (Fsp3) is 0.174. The first-order chi connectivity index (χ1) is 14.4. The zero-order chi connectivity index (χ0) is 21.3. The molecule has 154 valence electrons. The average Bonchev–Trinajstić information content (AvgIpc) is 3.10. The minimum Gasteiger partial charge on any atom is -0.302 e. The summed E-state index contributed by atoms with van der Waals surface area (Å²) in [6, 6.07) is 19.0. The van der Waals surface area contributed by atoms with Gasteiger partial charge in [0.1, 0.15) is 12.3 Å². The van der Waals surface area contributed by atoms with Crippen molar-refractivity contribution in [3.63, 3.8) is 0 Å². The third kappa shape index (κ3) is 3.57. The van der Waals surface area contributed by atoms with Gasteiger partial charge in [-0.2, -0.15) is 0 Å². The van der Waals surface area contributed by atoms with E-state index in [1.807, 2.05) is 36.6 Å². The number of hydrogen-bond donors (Lipinski definition) is 0. The van der Waals surface area contributed by atoms with Crippen LogP contribution in [-0.4, -0.2) is 17.8 Å². The summed E-state index contributed by atoms with van der Waals surface area (Å²) < 4.78 is 43.6. The molecule has 2 heterocycles. The van der Waals surface area contributed by atoms with E-state index in [2.05, 4.69) is 4.98 Å². The predicted octanol–water partition coefficient (Wildman–Crippen LogP) is 4.82. The SMILES string of the molecule is Cc1cccn2c(C)c(N(Cc3cccc(CF)c3)S(=O)(=O)c3ccccc3)nc12. The van der Waals surface area contributed by atoms with Crippen LogP contribution in [0, 0.1) is 13.8 Å². The van der Waals surface area contributed by atoms with Gasteiger partial charge in [-0.3, -0.25) is 0 Å². The molecule has 4 rings (SSSR count). The number of rotatable bonds is 6. The summed E-state index contributed by atoms with van der Waals surface area (Å²) >= 11 is 0. The Labute approximate surface area is 175 Å². The summed E-state index contributed by atoms with van der Waals surface area (Å²) in [6.45, 7) is 3.23. The van der Waals surface area contributed by atoms with Gasteiger partial charge in [0.25, 0.3) is 10.0 Å². The number of aromatic nitrogens is 2. The molecule has 0 spiro atoms. The van der Waals surface area contributed by atoms with Crippen LogP contribution < -0.4 is 4.31 Å². The Balaban J connectivity index is 1.90. The highest BCUT2D eigenvalue weighted by molar-refractivity contribution is 7.92. The Hall–Kier alpha value is -3.19. The molecule has 0 saturated heterocycles. The largest absolute Gasteiger partial charge is 0.302 e. The Bertz CT molecular complexity index is 1300. The second kappa shape index (κ2) is 7.91. The second-order valence-electron chi connectivity index (χ2n) is 7.18. The van der Waals surface area contributed by atoms with E-state index in [1.165, 1.54) is 4.31 Å². The summed E-state index contributed by atoms with van der Waals surface area (Å²) in [5.74, 6) is 0.360. The molecule has 2 aromatic heterocycles. The lowest BCUT2D eigenvalue weighted by Crippen LogP contribution is -2.31. The molecule has 0 amide bonds. The molecule has 5 nitrogen and oxygen atoms in total. The first-order valence-corrected chi connectivity index (χ1v) is 11.0. The smallest absolute Gasteiger partial charge is 0.265 e. The number of benzene rings is 2. The number of fused-ring (bicyclic) bond motifs is 1. The van der Waals surface area contributed by atoms with Crippen LogP contribution in [0.15, 0.2) is 77.8 Å². The molecule has 4 aromatic rings. The van der Waals surface area contributed by atoms with Crippen LogP contribution in [0.5, 0.6) is 0 Å². The van der Waals surface area contributed by atoms with Gasteiger partial charge in [0, 0.05) is 6.20 Å². The molecule has 0 fully saturated rings. The first-order valence-electron chi connectivity index (χ1n) is 9.57. The van der Waals surface area contributed by atoms with Crippen molar-refractivity contribution in [2.75, 3.05) is 4.31 Å². The number of halogens is 1. The van der Waals surface area contributed by atoms with E-state index in [0.29, 0.717) is 22.6 Å². The van der Waals surface area contributed by atoms with Crippen LogP contribution in [-0.2, 0) is 23.2 Å². The lowest BCUT2D eigenvalue weighted by molar-refractivity contribution is 0.485. The highest BCUT2D eigenvalue weighted by Gasteiger charge is 2.29. The van der Waals surface area contributed by atoms with Gasteiger partial charge in [-0.05, 0) is 48.7 Å². The maximum atomic E-state index is 13.6. The van der Waals surface area contributed by atoms with Crippen molar-refractivity contribution in [3.05, 3.63) is 95.3 Å². The molecular formula is C23H22FN3O2S. The Morgan fingerprint density at radius 2 is 1.70 bits per heavy atom. The van der Waals surface area contributed by atoms with Crippen LogP contribution in [0.1, 0.15) is 22.4 Å². The van der Waals surface area contributed by atoms with E-state index >= 15 is 0 Å². The maximum absolute atomic E-state index is 13.6. The van der Waals surface area contributed by atoms with Gasteiger partial charge in [-0.25, -0.2) is 22.1 Å². The van der Waals surface area contributed by atoms with Crippen LogP contribution in [0.3, 0.4) is 0 Å². The summed E-state index contributed by atoms with van der Waals surface area (Å²) in [5.41, 5.74) is 3.57. The topological polar surface area (TPSA) is 54.7 Å². The third-order valence-electron chi connectivity index (χ3n) is 5.10. The second-order valence-corrected chi connectivity index (χ2v) is 9.05. The fourth-order valence-electron chi connectivity index (χ4n) is 3.52. The monoisotopic (exact) mass is 423 g/mol. The number of nitrogens with zero attached hydrogens (tertiary/aromatic N) is 3. The maximum Gasteiger partial charge on any atom is 0.265 e. The predicted molar refractivity (Wildman–Crippen MR) is 116 cm³/mol. The van der Waals surface area contributed by atoms with Gasteiger partial charge in [0.2, 0.25) is 0 Å². The van der Waals surface area contributed by atoms with E-state index < -0.39 is 16.7 Å². The molecule has 0 N–H and O–H groups in total. The molecule has 0 atom stereocenters. The molecule has 0 aliphatic heterocycles. The van der Waals surface area contributed by atoms with Gasteiger partial charge in [-0.1, -0.05) is 48.5 Å². The van der Waals surface area contributed by atoms with Crippen molar-refractivity contribution in [1.82, 2.24) is 9.38 Å². The standard InChI is InChI=1S/C23H22FN3O2S/c1-17-8-7-13-26-18(2)23(25-22(17)26)27(16-20-10-6-9-19(14-20)15-24)30(28,29)21-11-4-3-5-12-21/h3-14H,15-16H2,1-2H3. The zero-order valence-electron chi connectivity index (χ0n) is 16.8. The van der Waals surface area contributed by atoms with Crippen LogP contribution >= 0.6 is 0 Å². The van der Waals surface area contributed by atoms with E-state index in [1.54, 1.807) is 54.6 Å². The molecule has 30 heavy (non-hydrogen) atoms. The van der Waals surface area contributed by atoms with Crippen LogP contribution in [0.2, 0.25) is 0 Å². The van der Waals surface area contributed by atoms with Gasteiger partial charge in [0.15, 0.2) is 5.82 Å². The highest BCUT2D eigenvalue weighted by Crippen LogP contribution is 2.30. The summed E-state index contributed by atoms with van der Waals surface area (Å²) in [5, 5.41) is 0. The van der Waals surface area contributed by atoms with Crippen LogP contribution in [0.25, 0.3) is 5.65 Å². The van der Waals surface area contributed by atoms with Crippen molar-refractivity contribution in [2.45, 2.75) is 32.0 Å². The van der Waals surface area contributed by atoms with Crippen molar-refractivity contribution in [2.24, 2.45) is 0 Å². The first kappa shape index (κ1) is 20.1. The lowest BCUT2D eigenvalue weighted by Gasteiger charge is -2.23. The van der Waals surface area contributed by atoms with Crippen LogP contribution in [0.4, 0.5) is 10.2 Å². The molecule has 0 bridgehead atoms. The molecular weight excluding hydrogens is 401 g/mol. The summed E-state index contributed by atoms with van der Waals surface area (Å²) in [4.78, 5) is 4.86. The minimum atomic E-state index is -3.89. The summed E-state index contributed by atoms with van der Waals surface area (Å²) in [7, 11) is -3.89. The number of alkyl halides is 1. The normalized spacial score (nSPS) is 11.7. The van der Waals surface area contributed by atoms with Crippen molar-refractivity contribution in [3.8, 4) is 0 Å². The number of pyridine rings is 1. The third-order valence-corrected chi connectivity index (χ3v) is 6.85. The van der Waals surface area contributed by atoms with Gasteiger partial charge in [-0.15, -0.1) is 0 Å². The molecule has 0 saturated carbocycles. The minimum absolute atomic E-state index is 0.0504. The number of aryl methyl sites for hydroxylation is 2. The van der Waals surface area contributed by atoms with Crippen molar-refractivity contribution >= 4 is 21.5 Å². The number of imidazole rings is 1. The van der Waals surface area contributed by atoms with Gasteiger partial charge >= 0.3 is 0 Å². The number of sulfonamides is 1. The Kier molecular flexibility index (Phi) is 5.30. The molecule has 0 radical (unpaired) electrons. The molecule has 2 aromatic carbocycles. The van der Waals surface area contributed by atoms with Gasteiger partial charge in [0.05, 0.1) is 17.1 Å². The van der Waals surface area contributed by atoms with Crippen molar-refractivity contribution in [1.29, 1.82) is 0 Å². The van der Waals surface area contributed by atoms with Gasteiger partial charge < -0.3 is 4.40 Å². The van der Waals surface area contributed by atoms with Crippen molar-refractivity contribution < 1.29 is 12.8 Å². The van der Waals surface area contributed by atoms with E-state index in [0.717, 1.165) is 11.3 Å². The average molecular weight is 424 g/mol. The molecule has 0 aliphatic rings. The van der Waals surface area contributed by atoms with E-state index in [-0.39, 0.29) is 11.4 Å². The highest BCUT2D eigenvalue weighted by atomic mass is 32.2. The molecule has 0 unspecified atom stereocenters. The quantitative estimate of drug-likeness (QED) is 0.447. The summed E-state index contributed by atoms with van der Waals surface area (Å²) in [6.07, 6.45) is 1.87. The molecule has 0 aliphatic carbocycles. The molecule has 7 heteroatoms. The zero-order valence-corrected chi connectivity index (χ0v) is 17.6.